The van der Waals surface area contributed by atoms with Gasteiger partial charge in [0.1, 0.15) is 0 Å². The molecule has 0 aromatic carbocycles. The van der Waals surface area contributed by atoms with Gasteiger partial charge in [0.15, 0.2) is 0 Å². The van der Waals surface area contributed by atoms with E-state index >= 15 is 0 Å². The molecule has 0 atom stereocenters. The van der Waals surface area contributed by atoms with Gasteiger partial charge in [0.2, 0.25) is 5.91 Å². The van der Waals surface area contributed by atoms with Gasteiger partial charge >= 0.3 is 5.97 Å². The van der Waals surface area contributed by atoms with Crippen LogP contribution >= 0.6 is 0 Å². The largest absolute Gasteiger partial charge is 0.478 e. The fraction of sp³-hybridized carbons (Fsp3) is 0.636. The van der Waals surface area contributed by atoms with E-state index in [-0.39, 0.29) is 5.91 Å². The van der Waals surface area contributed by atoms with Crippen molar-refractivity contribution in [2.45, 2.75) is 45.4 Å². The maximum absolute atomic E-state index is 11.0. The number of hydrogen-bond acceptors (Lipinski definition) is 2. The Morgan fingerprint density at radius 3 is 2.27 bits per heavy atom. The van der Waals surface area contributed by atoms with E-state index in [2.05, 4.69) is 5.32 Å². The molecule has 4 nitrogen and oxygen atoms in total. The number of nitrogens with one attached hydrogen (secondary N) is 1. The summed E-state index contributed by atoms with van der Waals surface area (Å²) in [5, 5.41) is 11.7. The number of carbonyl (C=O) groups excluding carboxylic acids is 1. The van der Waals surface area contributed by atoms with Crippen LogP contribution in [0.15, 0.2) is 11.3 Å². The molecular formula is C11H17NO3. The fourth-order valence-corrected chi connectivity index (χ4v) is 1.85. The number of amides is 1. The third kappa shape index (κ3) is 3.73. The van der Waals surface area contributed by atoms with Crippen molar-refractivity contribution in [2.75, 3.05) is 0 Å². The SMILES string of the molecule is CC(=O)N/C1=C(\C(=O)O)CCCCCC1. The number of aliphatic carboxylic acids is 1. The molecule has 4 heteroatoms. The zero-order valence-electron chi connectivity index (χ0n) is 9.01. The normalized spacial score (nSPS) is 22.7. The van der Waals surface area contributed by atoms with Gasteiger partial charge in [0.05, 0.1) is 5.57 Å². The standard InChI is InChI=1S/C11H17NO3/c1-8(13)12-10-7-5-3-2-4-6-9(10)11(14)15/h2-7H2,1H3,(H,12,13)(H,14,15)/b10-9-. The maximum atomic E-state index is 11.0. The van der Waals surface area contributed by atoms with E-state index in [4.69, 9.17) is 5.11 Å². The summed E-state index contributed by atoms with van der Waals surface area (Å²) >= 11 is 0. The van der Waals surface area contributed by atoms with E-state index in [1.165, 1.54) is 6.92 Å². The van der Waals surface area contributed by atoms with Crippen LogP contribution in [0, 0.1) is 0 Å². The van der Waals surface area contributed by atoms with E-state index in [0.717, 1.165) is 25.7 Å². The molecule has 0 fully saturated rings. The number of carbonyl (C=O) groups is 2. The van der Waals surface area contributed by atoms with Crippen molar-refractivity contribution in [2.24, 2.45) is 0 Å². The zero-order chi connectivity index (χ0) is 11.3. The first-order valence-corrected chi connectivity index (χ1v) is 5.34. The Labute approximate surface area is 89.4 Å². The van der Waals surface area contributed by atoms with Crippen LogP contribution < -0.4 is 5.32 Å². The average Bonchev–Trinajstić information content (AvgIpc) is 2.08. The Morgan fingerprint density at radius 2 is 1.73 bits per heavy atom. The molecule has 0 spiro atoms. The lowest BCUT2D eigenvalue weighted by molar-refractivity contribution is -0.132. The predicted molar refractivity (Wildman–Crippen MR) is 56.2 cm³/mol. The van der Waals surface area contributed by atoms with Crippen molar-refractivity contribution >= 4 is 11.9 Å². The quantitative estimate of drug-likeness (QED) is 0.732. The Balaban J connectivity index is 2.87. The summed E-state index contributed by atoms with van der Waals surface area (Å²) < 4.78 is 0. The molecule has 2 N–H and O–H groups in total. The zero-order valence-corrected chi connectivity index (χ0v) is 9.01. The highest BCUT2D eigenvalue weighted by molar-refractivity contribution is 5.88. The molecule has 0 heterocycles. The summed E-state index contributed by atoms with van der Waals surface area (Å²) in [6.07, 6.45) is 5.25. The summed E-state index contributed by atoms with van der Waals surface area (Å²) in [6.45, 7) is 1.41. The molecule has 1 aliphatic rings. The average molecular weight is 211 g/mol. The number of allylic oxidation sites excluding steroid dienone is 1. The van der Waals surface area contributed by atoms with Gasteiger partial charge in [-0.15, -0.1) is 0 Å². The van der Waals surface area contributed by atoms with Crippen LogP contribution in [0.2, 0.25) is 0 Å². The van der Waals surface area contributed by atoms with Crippen molar-refractivity contribution in [1.82, 2.24) is 5.32 Å². The van der Waals surface area contributed by atoms with Gasteiger partial charge in [-0.25, -0.2) is 4.79 Å². The highest BCUT2D eigenvalue weighted by atomic mass is 16.4. The molecule has 0 bridgehead atoms. The van der Waals surface area contributed by atoms with Crippen LogP contribution in [-0.4, -0.2) is 17.0 Å². The molecule has 1 rings (SSSR count). The minimum Gasteiger partial charge on any atom is -0.478 e. The first-order valence-electron chi connectivity index (χ1n) is 5.34. The number of carboxylic acid groups (broad SMARTS) is 1. The third-order valence-electron chi connectivity index (χ3n) is 2.55. The van der Waals surface area contributed by atoms with Crippen molar-refractivity contribution in [3.63, 3.8) is 0 Å². The molecular weight excluding hydrogens is 194 g/mol. The lowest BCUT2D eigenvalue weighted by atomic mass is 9.97. The van der Waals surface area contributed by atoms with E-state index in [0.29, 0.717) is 24.1 Å². The first-order chi connectivity index (χ1) is 7.11. The molecule has 0 radical (unpaired) electrons. The maximum Gasteiger partial charge on any atom is 0.333 e. The van der Waals surface area contributed by atoms with Crippen LogP contribution in [0.1, 0.15) is 45.4 Å². The van der Waals surface area contributed by atoms with Gasteiger partial charge in [0.25, 0.3) is 0 Å². The summed E-state index contributed by atoms with van der Waals surface area (Å²) in [6, 6.07) is 0. The molecule has 0 saturated heterocycles. The van der Waals surface area contributed by atoms with Crippen LogP contribution in [0.3, 0.4) is 0 Å². The molecule has 15 heavy (non-hydrogen) atoms. The lowest BCUT2D eigenvalue weighted by Crippen LogP contribution is -2.23. The summed E-state index contributed by atoms with van der Waals surface area (Å²) in [7, 11) is 0. The smallest absolute Gasteiger partial charge is 0.333 e. The fourth-order valence-electron chi connectivity index (χ4n) is 1.85. The Kier molecular flexibility index (Phi) is 4.34. The molecule has 1 amide bonds. The van der Waals surface area contributed by atoms with Gasteiger partial charge in [-0.2, -0.15) is 0 Å². The van der Waals surface area contributed by atoms with Gasteiger partial charge in [-0.3, -0.25) is 4.79 Å². The summed E-state index contributed by atoms with van der Waals surface area (Å²) in [4.78, 5) is 21.9. The van der Waals surface area contributed by atoms with Crippen LogP contribution in [0.5, 0.6) is 0 Å². The van der Waals surface area contributed by atoms with Gasteiger partial charge in [-0.05, 0) is 25.7 Å². The van der Waals surface area contributed by atoms with E-state index < -0.39 is 5.97 Å². The summed E-state index contributed by atoms with van der Waals surface area (Å²) in [5.74, 6) is -1.09. The van der Waals surface area contributed by atoms with Crippen LogP contribution in [-0.2, 0) is 9.59 Å². The highest BCUT2D eigenvalue weighted by Gasteiger charge is 2.16. The predicted octanol–water partition coefficient (Wildman–Crippen LogP) is 1.82. The van der Waals surface area contributed by atoms with Crippen LogP contribution in [0.25, 0.3) is 0 Å². The molecule has 1 aliphatic carbocycles. The number of hydrogen-bond donors (Lipinski definition) is 2. The Hall–Kier alpha value is -1.32. The monoisotopic (exact) mass is 211 g/mol. The lowest BCUT2D eigenvalue weighted by Gasteiger charge is -2.15. The van der Waals surface area contributed by atoms with Gasteiger partial charge < -0.3 is 10.4 Å². The minimum atomic E-state index is -0.902. The van der Waals surface area contributed by atoms with E-state index in [1.54, 1.807) is 0 Å². The van der Waals surface area contributed by atoms with Gasteiger partial charge in [-0.1, -0.05) is 12.8 Å². The highest BCUT2D eigenvalue weighted by Crippen LogP contribution is 2.21. The van der Waals surface area contributed by atoms with Crippen LogP contribution in [0.4, 0.5) is 0 Å². The summed E-state index contributed by atoms with van der Waals surface area (Å²) in [5.41, 5.74) is 0.986. The third-order valence-corrected chi connectivity index (χ3v) is 2.55. The van der Waals surface area contributed by atoms with Gasteiger partial charge in [0, 0.05) is 12.6 Å². The first kappa shape index (κ1) is 11.8. The number of carboxylic acids is 1. The van der Waals surface area contributed by atoms with E-state index in [1.807, 2.05) is 0 Å². The molecule has 0 aromatic heterocycles. The molecule has 0 saturated carbocycles. The number of rotatable bonds is 2. The Morgan fingerprint density at radius 1 is 1.13 bits per heavy atom. The molecule has 0 aromatic rings. The van der Waals surface area contributed by atoms with Crippen molar-refractivity contribution in [3.05, 3.63) is 11.3 Å². The molecule has 0 unspecified atom stereocenters. The second-order valence-electron chi connectivity index (χ2n) is 3.86. The van der Waals surface area contributed by atoms with Crippen molar-refractivity contribution in [3.8, 4) is 0 Å². The van der Waals surface area contributed by atoms with E-state index in [9.17, 15) is 9.59 Å². The minimum absolute atomic E-state index is 0.190. The second-order valence-corrected chi connectivity index (χ2v) is 3.86. The second kappa shape index (κ2) is 5.53. The molecule has 84 valence electrons. The Bertz CT molecular complexity index is 294. The molecule has 0 aliphatic heterocycles. The van der Waals surface area contributed by atoms with Crippen molar-refractivity contribution in [1.29, 1.82) is 0 Å². The topological polar surface area (TPSA) is 66.4 Å². The van der Waals surface area contributed by atoms with Crippen molar-refractivity contribution < 1.29 is 14.7 Å².